The van der Waals surface area contributed by atoms with Crippen molar-refractivity contribution in [3.8, 4) is 11.3 Å². The Morgan fingerprint density at radius 3 is 2.59 bits per heavy atom. The van der Waals surface area contributed by atoms with Gasteiger partial charge in [0.25, 0.3) is 5.91 Å². The highest BCUT2D eigenvalue weighted by molar-refractivity contribution is 7.89. The Bertz CT molecular complexity index is 1290. The summed E-state index contributed by atoms with van der Waals surface area (Å²) in [7, 11) is -3.86. The van der Waals surface area contributed by atoms with E-state index in [0.717, 1.165) is 9.87 Å². The van der Waals surface area contributed by atoms with Gasteiger partial charge in [0.05, 0.1) is 10.6 Å². The van der Waals surface area contributed by atoms with Crippen LogP contribution in [0.2, 0.25) is 0 Å². The Morgan fingerprint density at radius 1 is 1.18 bits per heavy atom. The summed E-state index contributed by atoms with van der Waals surface area (Å²) in [6, 6.07) is 11.2. The van der Waals surface area contributed by atoms with Gasteiger partial charge in [0, 0.05) is 17.5 Å². The van der Waals surface area contributed by atoms with Crippen LogP contribution in [0.4, 0.5) is 9.52 Å². The second kappa shape index (κ2) is 10.00. The second-order valence-corrected chi connectivity index (χ2v) is 10.5. The molecular weight excluding hydrogens is 481 g/mol. The number of benzene rings is 2. The number of ether oxygens (including phenoxy) is 1. The number of carbonyl (C=O) groups is 2. The molecule has 0 radical (unpaired) electrons. The summed E-state index contributed by atoms with van der Waals surface area (Å²) in [5.41, 5.74) is 2.19. The Hall–Kier alpha value is -3.15. The van der Waals surface area contributed by atoms with Crippen molar-refractivity contribution >= 4 is 38.4 Å². The molecule has 1 aromatic heterocycles. The monoisotopic (exact) mass is 503 g/mol. The molecule has 11 heteroatoms. The van der Waals surface area contributed by atoms with E-state index in [0.29, 0.717) is 29.2 Å². The number of carbonyl (C=O) groups excluding carboxylic acids is 2. The van der Waals surface area contributed by atoms with E-state index in [-0.39, 0.29) is 17.3 Å². The molecule has 1 fully saturated rings. The van der Waals surface area contributed by atoms with Crippen LogP contribution in [0.15, 0.2) is 58.8 Å². The van der Waals surface area contributed by atoms with Gasteiger partial charge in [-0.2, -0.15) is 4.31 Å². The van der Waals surface area contributed by atoms with Crippen LogP contribution in [-0.4, -0.2) is 48.8 Å². The SMILES string of the molecule is Cc1ccc(S(=O)(=O)N2CCC[C@H]2C(=O)OCC(=O)Nc2nc(-c3ccc(F)cc3)cs2)cc1. The standard InChI is InChI=1S/C23H22FN3O5S2/c1-15-4-10-18(11-5-15)34(30,31)27-12-2-3-20(27)22(29)32-13-21(28)26-23-25-19(14-33-23)16-6-8-17(24)9-7-16/h4-11,14,20H,2-3,12-13H2,1H3,(H,25,26,28)/t20-/m0/s1. The third-order valence-electron chi connectivity index (χ3n) is 5.34. The van der Waals surface area contributed by atoms with E-state index in [1.807, 2.05) is 6.92 Å². The summed E-state index contributed by atoms with van der Waals surface area (Å²) < 4.78 is 45.3. The molecular formula is C23H22FN3O5S2. The number of esters is 1. The minimum absolute atomic E-state index is 0.108. The van der Waals surface area contributed by atoms with E-state index in [9.17, 15) is 22.4 Å². The molecule has 0 saturated carbocycles. The summed E-state index contributed by atoms with van der Waals surface area (Å²) in [5.74, 6) is -1.73. The first kappa shape index (κ1) is 24.0. The highest BCUT2D eigenvalue weighted by Crippen LogP contribution is 2.27. The number of amides is 1. The lowest BCUT2D eigenvalue weighted by Gasteiger charge is -2.22. The van der Waals surface area contributed by atoms with Crippen molar-refractivity contribution in [2.24, 2.45) is 0 Å². The van der Waals surface area contributed by atoms with Crippen molar-refractivity contribution in [2.45, 2.75) is 30.7 Å². The van der Waals surface area contributed by atoms with Crippen LogP contribution in [-0.2, 0) is 24.3 Å². The molecule has 3 aromatic rings. The molecule has 1 saturated heterocycles. The van der Waals surface area contributed by atoms with Crippen LogP contribution >= 0.6 is 11.3 Å². The Morgan fingerprint density at radius 2 is 1.88 bits per heavy atom. The Kier molecular flexibility index (Phi) is 7.05. The number of thiazole rings is 1. The van der Waals surface area contributed by atoms with Gasteiger partial charge in [-0.3, -0.25) is 14.9 Å². The minimum atomic E-state index is -3.86. The van der Waals surface area contributed by atoms with Crippen molar-refractivity contribution in [2.75, 3.05) is 18.5 Å². The lowest BCUT2D eigenvalue weighted by Crippen LogP contribution is -2.42. The maximum Gasteiger partial charge on any atom is 0.324 e. The van der Waals surface area contributed by atoms with Crippen LogP contribution in [0.5, 0.6) is 0 Å². The zero-order valence-corrected chi connectivity index (χ0v) is 19.9. The maximum absolute atomic E-state index is 13.1. The zero-order valence-electron chi connectivity index (χ0n) is 18.2. The first-order valence-electron chi connectivity index (χ1n) is 10.5. The molecule has 1 N–H and O–H groups in total. The van der Waals surface area contributed by atoms with Gasteiger partial charge >= 0.3 is 5.97 Å². The summed E-state index contributed by atoms with van der Waals surface area (Å²) >= 11 is 1.17. The van der Waals surface area contributed by atoms with E-state index in [1.165, 1.54) is 35.6 Å². The number of nitrogens with one attached hydrogen (secondary N) is 1. The van der Waals surface area contributed by atoms with Crippen LogP contribution in [0.1, 0.15) is 18.4 Å². The van der Waals surface area contributed by atoms with Crippen molar-refractivity contribution in [1.82, 2.24) is 9.29 Å². The van der Waals surface area contributed by atoms with Gasteiger partial charge < -0.3 is 4.74 Å². The molecule has 34 heavy (non-hydrogen) atoms. The van der Waals surface area contributed by atoms with Gasteiger partial charge in [0.1, 0.15) is 11.9 Å². The van der Waals surface area contributed by atoms with E-state index in [1.54, 1.807) is 29.6 Å². The maximum atomic E-state index is 13.1. The number of hydrogen-bond donors (Lipinski definition) is 1. The predicted octanol–water partition coefficient (Wildman–Crippen LogP) is 3.59. The topological polar surface area (TPSA) is 106 Å². The predicted molar refractivity (Wildman–Crippen MR) is 125 cm³/mol. The third kappa shape index (κ3) is 5.32. The number of halogens is 1. The van der Waals surface area contributed by atoms with Crippen LogP contribution in [0, 0.1) is 12.7 Å². The molecule has 178 valence electrons. The molecule has 8 nitrogen and oxygen atoms in total. The van der Waals surface area contributed by atoms with Gasteiger partial charge in [0.2, 0.25) is 10.0 Å². The Balaban J connectivity index is 1.34. The van der Waals surface area contributed by atoms with Crippen molar-refractivity contribution < 1.29 is 27.1 Å². The smallest absolute Gasteiger partial charge is 0.324 e. The highest BCUT2D eigenvalue weighted by Gasteiger charge is 2.40. The van der Waals surface area contributed by atoms with Crippen molar-refractivity contribution in [1.29, 1.82) is 0 Å². The van der Waals surface area contributed by atoms with E-state index in [2.05, 4.69) is 10.3 Å². The normalized spacial score (nSPS) is 16.4. The average Bonchev–Trinajstić information content (AvgIpc) is 3.49. The average molecular weight is 504 g/mol. The van der Waals surface area contributed by atoms with Gasteiger partial charge in [-0.05, 0) is 56.2 Å². The fourth-order valence-corrected chi connectivity index (χ4v) is 5.96. The highest BCUT2D eigenvalue weighted by atomic mass is 32.2. The van der Waals surface area contributed by atoms with Gasteiger partial charge in [-0.15, -0.1) is 11.3 Å². The van der Waals surface area contributed by atoms with Gasteiger partial charge in [-0.1, -0.05) is 17.7 Å². The summed E-state index contributed by atoms with van der Waals surface area (Å²) in [4.78, 5) is 29.2. The van der Waals surface area contributed by atoms with Gasteiger partial charge in [-0.25, -0.2) is 17.8 Å². The van der Waals surface area contributed by atoms with E-state index >= 15 is 0 Å². The molecule has 4 rings (SSSR count). The largest absolute Gasteiger partial charge is 0.454 e. The molecule has 2 aromatic carbocycles. The number of aryl methyl sites for hydroxylation is 1. The number of aromatic nitrogens is 1. The van der Waals surface area contributed by atoms with Gasteiger partial charge in [0.15, 0.2) is 11.7 Å². The third-order valence-corrected chi connectivity index (χ3v) is 8.02. The number of nitrogens with zero attached hydrogens (tertiary/aromatic N) is 2. The molecule has 0 bridgehead atoms. The first-order valence-corrected chi connectivity index (χ1v) is 12.8. The van der Waals surface area contributed by atoms with Crippen LogP contribution < -0.4 is 5.32 Å². The van der Waals surface area contributed by atoms with E-state index < -0.39 is 34.5 Å². The number of anilines is 1. The summed E-state index contributed by atoms with van der Waals surface area (Å²) in [6.45, 7) is 1.49. The lowest BCUT2D eigenvalue weighted by atomic mass is 10.2. The fourth-order valence-electron chi connectivity index (χ4n) is 3.58. The molecule has 1 aliphatic rings. The quantitative estimate of drug-likeness (QED) is 0.494. The molecule has 0 aliphatic carbocycles. The van der Waals surface area contributed by atoms with Crippen molar-refractivity contribution in [3.63, 3.8) is 0 Å². The van der Waals surface area contributed by atoms with Crippen LogP contribution in [0.3, 0.4) is 0 Å². The molecule has 1 amide bonds. The van der Waals surface area contributed by atoms with Crippen molar-refractivity contribution in [3.05, 3.63) is 65.3 Å². The number of rotatable bonds is 7. The number of sulfonamides is 1. The van der Waals surface area contributed by atoms with E-state index in [4.69, 9.17) is 4.74 Å². The zero-order chi connectivity index (χ0) is 24.3. The molecule has 2 heterocycles. The lowest BCUT2D eigenvalue weighted by molar-refractivity contribution is -0.150. The van der Waals surface area contributed by atoms with Crippen LogP contribution in [0.25, 0.3) is 11.3 Å². The first-order chi connectivity index (χ1) is 16.2. The molecule has 0 unspecified atom stereocenters. The summed E-state index contributed by atoms with van der Waals surface area (Å²) in [6.07, 6.45) is 0.835. The molecule has 0 spiro atoms. The second-order valence-electron chi connectivity index (χ2n) is 7.79. The Labute approximate surface area is 200 Å². The summed E-state index contributed by atoms with van der Waals surface area (Å²) in [5, 5.41) is 4.55. The molecule has 1 aliphatic heterocycles. The minimum Gasteiger partial charge on any atom is -0.454 e. The molecule has 1 atom stereocenters. The number of hydrogen-bond acceptors (Lipinski definition) is 7. The fraction of sp³-hybridized carbons (Fsp3) is 0.261.